The van der Waals surface area contributed by atoms with Gasteiger partial charge in [0.05, 0.1) is 11.3 Å². The van der Waals surface area contributed by atoms with Crippen molar-refractivity contribution in [1.29, 1.82) is 0 Å². The predicted molar refractivity (Wildman–Crippen MR) is 97.8 cm³/mol. The molecule has 1 fully saturated rings. The fraction of sp³-hybridized carbons (Fsp3) is 0.938. The molecule has 0 unspecified atom stereocenters. The molecule has 0 bridgehead atoms. The SMILES string of the molecule is CCCN1CCC(NC(=NCC(C)(C)S(C)(=O)=O)NCC)CC1. The number of guanidine groups is 1. The summed E-state index contributed by atoms with van der Waals surface area (Å²) < 4.78 is 22.7. The molecule has 1 aliphatic rings. The standard InChI is InChI=1S/C16H34N4O2S/c1-6-10-20-11-8-14(9-12-20)19-15(17-7-2)18-13-16(3,4)23(5,21)22/h14H,6-13H2,1-5H3,(H2,17,18,19). The Bertz CT molecular complexity index is 480. The molecule has 0 aromatic heterocycles. The van der Waals surface area contributed by atoms with Crippen molar-refractivity contribution in [2.75, 3.05) is 39.0 Å². The van der Waals surface area contributed by atoms with E-state index in [4.69, 9.17) is 0 Å². The van der Waals surface area contributed by atoms with E-state index in [1.807, 2.05) is 6.92 Å². The first kappa shape index (κ1) is 20.2. The first-order valence-corrected chi connectivity index (χ1v) is 10.6. The molecule has 1 saturated heterocycles. The van der Waals surface area contributed by atoms with Gasteiger partial charge in [-0.15, -0.1) is 0 Å². The van der Waals surface area contributed by atoms with Crippen LogP contribution in [0.1, 0.15) is 47.0 Å². The summed E-state index contributed by atoms with van der Waals surface area (Å²) in [6.45, 7) is 12.1. The summed E-state index contributed by atoms with van der Waals surface area (Å²) in [5, 5.41) is 6.68. The van der Waals surface area contributed by atoms with E-state index in [9.17, 15) is 8.42 Å². The number of nitrogens with one attached hydrogen (secondary N) is 2. The minimum Gasteiger partial charge on any atom is -0.357 e. The van der Waals surface area contributed by atoms with Crippen molar-refractivity contribution in [2.24, 2.45) is 4.99 Å². The lowest BCUT2D eigenvalue weighted by atomic mass is 10.1. The van der Waals surface area contributed by atoms with Gasteiger partial charge in [0.25, 0.3) is 0 Å². The van der Waals surface area contributed by atoms with Gasteiger partial charge in [-0.2, -0.15) is 0 Å². The largest absolute Gasteiger partial charge is 0.357 e. The average molecular weight is 347 g/mol. The lowest BCUT2D eigenvalue weighted by Crippen LogP contribution is -2.49. The van der Waals surface area contributed by atoms with E-state index in [0.717, 1.165) is 38.4 Å². The Morgan fingerprint density at radius 3 is 2.35 bits per heavy atom. The molecule has 1 heterocycles. The molecule has 0 aromatic rings. The van der Waals surface area contributed by atoms with Crippen molar-refractivity contribution in [1.82, 2.24) is 15.5 Å². The Hall–Kier alpha value is -0.820. The number of likely N-dealkylation sites (tertiary alicyclic amines) is 1. The fourth-order valence-electron chi connectivity index (χ4n) is 2.52. The van der Waals surface area contributed by atoms with Crippen molar-refractivity contribution in [3.8, 4) is 0 Å². The smallest absolute Gasteiger partial charge is 0.191 e. The molecule has 2 N–H and O–H groups in total. The molecule has 0 spiro atoms. The normalized spacial score (nSPS) is 18.9. The van der Waals surface area contributed by atoms with Gasteiger partial charge in [-0.3, -0.25) is 4.99 Å². The molecule has 6 nitrogen and oxygen atoms in total. The van der Waals surface area contributed by atoms with Gasteiger partial charge in [0.1, 0.15) is 0 Å². The van der Waals surface area contributed by atoms with Crippen molar-refractivity contribution >= 4 is 15.8 Å². The van der Waals surface area contributed by atoms with Gasteiger partial charge < -0.3 is 15.5 Å². The summed E-state index contributed by atoms with van der Waals surface area (Å²) in [5.41, 5.74) is 0. The van der Waals surface area contributed by atoms with Crippen LogP contribution in [-0.4, -0.2) is 69.0 Å². The lowest BCUT2D eigenvalue weighted by molar-refractivity contribution is 0.206. The Morgan fingerprint density at radius 2 is 1.87 bits per heavy atom. The molecule has 0 saturated carbocycles. The molecule has 0 radical (unpaired) electrons. The van der Waals surface area contributed by atoms with E-state index in [0.29, 0.717) is 6.04 Å². The van der Waals surface area contributed by atoms with E-state index in [-0.39, 0.29) is 6.54 Å². The van der Waals surface area contributed by atoms with Crippen LogP contribution < -0.4 is 10.6 Å². The van der Waals surface area contributed by atoms with Gasteiger partial charge in [-0.25, -0.2) is 8.42 Å². The van der Waals surface area contributed by atoms with Gasteiger partial charge in [0, 0.05) is 31.9 Å². The maximum atomic E-state index is 11.8. The zero-order chi connectivity index (χ0) is 17.5. The molecule has 0 aromatic carbocycles. The van der Waals surface area contributed by atoms with Crippen molar-refractivity contribution in [3.05, 3.63) is 0 Å². The van der Waals surface area contributed by atoms with E-state index in [1.54, 1.807) is 13.8 Å². The summed E-state index contributed by atoms with van der Waals surface area (Å²) in [7, 11) is -3.13. The van der Waals surface area contributed by atoms with Gasteiger partial charge in [0.15, 0.2) is 15.8 Å². The highest BCUT2D eigenvalue weighted by molar-refractivity contribution is 7.92. The van der Waals surface area contributed by atoms with Crippen LogP contribution in [0.5, 0.6) is 0 Å². The topological polar surface area (TPSA) is 73.8 Å². The third-order valence-electron chi connectivity index (χ3n) is 4.43. The van der Waals surface area contributed by atoms with Gasteiger partial charge in [-0.05, 0) is 46.6 Å². The van der Waals surface area contributed by atoms with Crippen LogP contribution >= 0.6 is 0 Å². The highest BCUT2D eigenvalue weighted by atomic mass is 32.2. The molecular weight excluding hydrogens is 312 g/mol. The third-order valence-corrected chi connectivity index (χ3v) is 6.57. The maximum Gasteiger partial charge on any atom is 0.191 e. The van der Waals surface area contributed by atoms with Crippen molar-refractivity contribution in [2.45, 2.75) is 57.7 Å². The van der Waals surface area contributed by atoms with Crippen molar-refractivity contribution < 1.29 is 8.42 Å². The number of rotatable bonds is 7. The molecule has 1 rings (SSSR count). The van der Waals surface area contributed by atoms with E-state index in [1.165, 1.54) is 19.2 Å². The molecule has 23 heavy (non-hydrogen) atoms. The molecule has 0 atom stereocenters. The zero-order valence-corrected chi connectivity index (χ0v) is 16.2. The number of nitrogens with zero attached hydrogens (tertiary/aromatic N) is 2. The van der Waals surface area contributed by atoms with Crippen LogP contribution in [0.25, 0.3) is 0 Å². The summed E-state index contributed by atoms with van der Waals surface area (Å²) in [5.74, 6) is 0.721. The fourth-order valence-corrected chi connectivity index (χ4v) is 2.82. The van der Waals surface area contributed by atoms with E-state index < -0.39 is 14.6 Å². The molecule has 1 aliphatic heterocycles. The number of sulfone groups is 1. The van der Waals surface area contributed by atoms with Crippen LogP contribution in [0.4, 0.5) is 0 Å². The van der Waals surface area contributed by atoms with Crippen LogP contribution in [0.15, 0.2) is 4.99 Å². The maximum absolute atomic E-state index is 11.8. The second-order valence-electron chi connectivity index (χ2n) is 6.99. The van der Waals surface area contributed by atoms with E-state index >= 15 is 0 Å². The van der Waals surface area contributed by atoms with Crippen LogP contribution in [-0.2, 0) is 9.84 Å². The van der Waals surface area contributed by atoms with Gasteiger partial charge >= 0.3 is 0 Å². The quantitative estimate of drug-likeness (QED) is 0.536. The Kier molecular flexibility index (Phi) is 7.80. The highest BCUT2D eigenvalue weighted by Gasteiger charge is 2.30. The average Bonchev–Trinajstić information content (AvgIpc) is 2.46. The molecule has 0 aliphatic carbocycles. The molecular formula is C16H34N4O2S. The highest BCUT2D eigenvalue weighted by Crippen LogP contribution is 2.15. The second kappa shape index (κ2) is 8.87. The van der Waals surface area contributed by atoms with Crippen LogP contribution in [0.3, 0.4) is 0 Å². The summed E-state index contributed by atoms with van der Waals surface area (Å²) >= 11 is 0. The first-order chi connectivity index (χ1) is 10.7. The predicted octanol–water partition coefficient (Wildman–Crippen LogP) is 1.24. The lowest BCUT2D eigenvalue weighted by Gasteiger charge is -2.33. The summed E-state index contributed by atoms with van der Waals surface area (Å²) in [6, 6.07) is 0.405. The Morgan fingerprint density at radius 1 is 1.26 bits per heavy atom. The monoisotopic (exact) mass is 346 g/mol. The van der Waals surface area contributed by atoms with Crippen LogP contribution in [0.2, 0.25) is 0 Å². The molecule has 136 valence electrons. The first-order valence-electron chi connectivity index (χ1n) is 8.66. The summed E-state index contributed by atoms with van der Waals surface area (Å²) in [4.78, 5) is 7.00. The molecule has 7 heteroatoms. The number of aliphatic imine (C=N–C) groups is 1. The van der Waals surface area contributed by atoms with Gasteiger partial charge in [0.2, 0.25) is 0 Å². The van der Waals surface area contributed by atoms with Gasteiger partial charge in [-0.1, -0.05) is 6.92 Å². The Balaban J connectivity index is 2.60. The van der Waals surface area contributed by atoms with Crippen LogP contribution in [0, 0.1) is 0 Å². The Labute approximate surface area is 142 Å². The van der Waals surface area contributed by atoms with E-state index in [2.05, 4.69) is 27.4 Å². The summed E-state index contributed by atoms with van der Waals surface area (Å²) in [6.07, 6.45) is 4.66. The van der Waals surface area contributed by atoms with Crippen molar-refractivity contribution in [3.63, 3.8) is 0 Å². The number of piperidine rings is 1. The molecule has 0 amide bonds. The second-order valence-corrected chi connectivity index (χ2v) is 9.64. The number of hydrogen-bond acceptors (Lipinski definition) is 4. The third kappa shape index (κ3) is 6.67. The number of hydrogen-bond donors (Lipinski definition) is 2. The zero-order valence-electron chi connectivity index (χ0n) is 15.4. The minimum absolute atomic E-state index is 0.260. The minimum atomic E-state index is -3.13.